The summed E-state index contributed by atoms with van der Waals surface area (Å²) in [5.74, 6) is 1.20. The van der Waals surface area contributed by atoms with E-state index >= 15 is 0 Å². The van der Waals surface area contributed by atoms with Gasteiger partial charge >= 0.3 is 7.82 Å². The molecule has 164 valence electrons. The molecule has 0 aromatic heterocycles. The number of phosphoric acid groups is 1. The smallest absolute Gasteiger partial charge is 0.469 e. The van der Waals surface area contributed by atoms with Gasteiger partial charge in [0, 0.05) is 5.54 Å². The molecule has 0 spiro atoms. The van der Waals surface area contributed by atoms with Crippen LogP contribution < -0.4 is 15.2 Å². The van der Waals surface area contributed by atoms with Gasteiger partial charge in [0.1, 0.15) is 19.0 Å². The molecule has 0 bridgehead atoms. The number of phosphoric ester groups is 1. The second-order valence-corrected chi connectivity index (χ2v) is 9.44. The Hall–Kier alpha value is -1.31. The van der Waals surface area contributed by atoms with Gasteiger partial charge in [-0.05, 0) is 55.0 Å². The summed E-state index contributed by atoms with van der Waals surface area (Å²) in [6.45, 7) is 0.414. The van der Waals surface area contributed by atoms with Gasteiger partial charge < -0.3 is 25.0 Å². The Balaban J connectivity index is 1.57. The third-order valence-electron chi connectivity index (χ3n) is 5.00. The van der Waals surface area contributed by atoms with Crippen molar-refractivity contribution < 1.29 is 28.3 Å². The van der Waals surface area contributed by atoms with Crippen molar-refractivity contribution in [1.29, 1.82) is 0 Å². The average molecular weight is 476 g/mol. The zero-order chi connectivity index (χ0) is 21.8. The fourth-order valence-corrected chi connectivity index (χ4v) is 4.60. The fourth-order valence-electron chi connectivity index (χ4n) is 3.56. The van der Waals surface area contributed by atoms with E-state index in [2.05, 4.69) is 4.52 Å². The summed E-state index contributed by atoms with van der Waals surface area (Å²) >= 11 is 12.8. The monoisotopic (exact) mass is 475 g/mol. The molecule has 0 aliphatic heterocycles. The SMILES string of the molecule is N[C@]1(COP(=O)(O)O)CC[C@@H](c2cc(Cl)c(OCCOc3ccccc3)c(Cl)c2)C1. The number of para-hydroxylation sites is 1. The third kappa shape index (κ3) is 6.59. The lowest BCUT2D eigenvalue weighted by Gasteiger charge is -2.24. The summed E-state index contributed by atoms with van der Waals surface area (Å²) < 4.78 is 26.9. The van der Waals surface area contributed by atoms with Crippen molar-refractivity contribution >= 4 is 31.0 Å². The number of rotatable bonds is 9. The van der Waals surface area contributed by atoms with Gasteiger partial charge in [-0.2, -0.15) is 0 Å². The van der Waals surface area contributed by atoms with Crippen LogP contribution in [0, 0.1) is 0 Å². The summed E-state index contributed by atoms with van der Waals surface area (Å²) in [6, 6.07) is 13.0. The summed E-state index contributed by atoms with van der Waals surface area (Å²) in [6.07, 6.45) is 1.81. The highest BCUT2D eigenvalue weighted by Gasteiger charge is 2.38. The molecule has 30 heavy (non-hydrogen) atoms. The first-order valence-electron chi connectivity index (χ1n) is 9.44. The Bertz CT molecular complexity index is 886. The van der Waals surface area contributed by atoms with Crippen LogP contribution in [-0.2, 0) is 9.09 Å². The average Bonchev–Trinajstić information content (AvgIpc) is 3.08. The Morgan fingerprint density at radius 3 is 2.37 bits per heavy atom. The van der Waals surface area contributed by atoms with Crippen molar-refractivity contribution in [1.82, 2.24) is 0 Å². The van der Waals surface area contributed by atoms with Gasteiger partial charge in [0.2, 0.25) is 0 Å². The third-order valence-corrected chi connectivity index (χ3v) is 6.02. The zero-order valence-electron chi connectivity index (χ0n) is 16.2. The van der Waals surface area contributed by atoms with E-state index in [1.54, 1.807) is 12.1 Å². The van der Waals surface area contributed by atoms with E-state index < -0.39 is 13.4 Å². The predicted molar refractivity (Wildman–Crippen MR) is 115 cm³/mol. The number of halogens is 2. The number of nitrogens with two attached hydrogens (primary N) is 1. The molecule has 10 heteroatoms. The molecular formula is C20H24Cl2NO6P. The van der Waals surface area contributed by atoms with Gasteiger partial charge in [-0.15, -0.1) is 0 Å². The molecule has 2 aromatic rings. The highest BCUT2D eigenvalue weighted by atomic mass is 35.5. The normalized spacial score (nSPS) is 21.6. The minimum Gasteiger partial charge on any atom is -0.490 e. The molecule has 1 fully saturated rings. The first-order valence-corrected chi connectivity index (χ1v) is 11.7. The molecule has 1 aliphatic carbocycles. The second kappa shape index (κ2) is 9.88. The molecule has 1 aliphatic rings. The molecular weight excluding hydrogens is 452 g/mol. The van der Waals surface area contributed by atoms with Crippen molar-refractivity contribution in [3.8, 4) is 11.5 Å². The maximum atomic E-state index is 11.0. The predicted octanol–water partition coefficient (Wildman–Crippen LogP) is 4.53. The van der Waals surface area contributed by atoms with Crippen LogP contribution in [0.15, 0.2) is 42.5 Å². The van der Waals surface area contributed by atoms with E-state index in [0.717, 1.165) is 17.7 Å². The van der Waals surface area contributed by atoms with E-state index in [0.29, 0.717) is 35.2 Å². The Morgan fingerprint density at radius 1 is 1.10 bits per heavy atom. The summed E-state index contributed by atoms with van der Waals surface area (Å²) in [5, 5.41) is 0.774. The van der Waals surface area contributed by atoms with Crippen LogP contribution in [-0.4, -0.2) is 35.1 Å². The molecule has 0 unspecified atom stereocenters. The maximum Gasteiger partial charge on any atom is 0.469 e. The molecule has 2 atom stereocenters. The first-order chi connectivity index (χ1) is 14.2. The second-order valence-electron chi connectivity index (χ2n) is 7.39. The maximum absolute atomic E-state index is 11.0. The largest absolute Gasteiger partial charge is 0.490 e. The number of ether oxygens (including phenoxy) is 2. The van der Waals surface area contributed by atoms with E-state index in [1.165, 1.54) is 0 Å². The Labute approximate surface area is 185 Å². The van der Waals surface area contributed by atoms with Crippen molar-refractivity contribution in [2.45, 2.75) is 30.7 Å². The Kier molecular flexibility index (Phi) is 7.69. The van der Waals surface area contributed by atoms with Crippen molar-refractivity contribution in [3.05, 3.63) is 58.1 Å². The zero-order valence-corrected chi connectivity index (χ0v) is 18.6. The van der Waals surface area contributed by atoms with Gasteiger partial charge in [0.25, 0.3) is 0 Å². The van der Waals surface area contributed by atoms with E-state index in [1.807, 2.05) is 30.3 Å². The van der Waals surface area contributed by atoms with Gasteiger partial charge in [-0.1, -0.05) is 41.4 Å². The highest BCUT2D eigenvalue weighted by molar-refractivity contribution is 7.46. The van der Waals surface area contributed by atoms with E-state index in [9.17, 15) is 4.57 Å². The minimum atomic E-state index is -4.56. The molecule has 0 heterocycles. The van der Waals surface area contributed by atoms with Crippen molar-refractivity contribution in [2.75, 3.05) is 19.8 Å². The fraction of sp³-hybridized carbons (Fsp3) is 0.400. The van der Waals surface area contributed by atoms with Crippen LogP contribution in [0.1, 0.15) is 30.7 Å². The molecule has 0 amide bonds. The number of benzene rings is 2. The first kappa shape index (κ1) is 23.4. The lowest BCUT2D eigenvalue weighted by atomic mass is 9.93. The van der Waals surface area contributed by atoms with Crippen LogP contribution in [0.25, 0.3) is 0 Å². The van der Waals surface area contributed by atoms with E-state index in [-0.39, 0.29) is 19.1 Å². The molecule has 3 rings (SSSR count). The standard InChI is InChI=1S/C20H24Cl2NO6P/c21-17-10-15(14-6-7-20(23,12-14)13-29-30(24,25)26)11-18(22)19(17)28-9-8-27-16-4-2-1-3-5-16/h1-5,10-11,14H,6-9,12-13,23H2,(H2,24,25,26)/t14-,20-/m1/s1. The molecule has 4 N–H and O–H groups in total. The van der Waals surface area contributed by atoms with Crippen LogP contribution in [0.5, 0.6) is 11.5 Å². The number of hydrogen-bond acceptors (Lipinski definition) is 5. The molecule has 1 saturated carbocycles. The quantitative estimate of drug-likeness (QED) is 0.360. The summed E-state index contributed by atoms with van der Waals surface area (Å²) in [5.41, 5.74) is 6.35. The minimum absolute atomic E-state index is 0.0563. The van der Waals surface area contributed by atoms with E-state index in [4.69, 9.17) is 48.2 Å². The highest BCUT2D eigenvalue weighted by Crippen LogP contribution is 2.45. The topological polar surface area (TPSA) is 111 Å². The van der Waals surface area contributed by atoms with Gasteiger partial charge in [0.05, 0.1) is 16.7 Å². The molecule has 0 saturated heterocycles. The summed E-state index contributed by atoms with van der Waals surface area (Å²) in [4.78, 5) is 17.8. The molecule has 2 aromatic carbocycles. The lowest BCUT2D eigenvalue weighted by Crippen LogP contribution is -2.41. The van der Waals surface area contributed by atoms with Crippen molar-refractivity contribution in [3.63, 3.8) is 0 Å². The Morgan fingerprint density at radius 2 is 1.73 bits per heavy atom. The van der Waals surface area contributed by atoms with Gasteiger partial charge in [-0.25, -0.2) is 4.57 Å². The summed E-state index contributed by atoms with van der Waals surface area (Å²) in [7, 11) is -4.56. The van der Waals surface area contributed by atoms with Crippen LogP contribution in [0.2, 0.25) is 10.0 Å². The number of hydrogen-bond donors (Lipinski definition) is 3. The van der Waals surface area contributed by atoms with Crippen LogP contribution in [0.3, 0.4) is 0 Å². The lowest BCUT2D eigenvalue weighted by molar-refractivity contribution is 0.153. The molecule has 0 radical (unpaired) electrons. The molecule has 7 nitrogen and oxygen atoms in total. The van der Waals surface area contributed by atoms with Crippen molar-refractivity contribution in [2.24, 2.45) is 5.73 Å². The van der Waals surface area contributed by atoms with Gasteiger partial charge in [-0.3, -0.25) is 4.52 Å². The van der Waals surface area contributed by atoms with Gasteiger partial charge in [0.15, 0.2) is 5.75 Å². The van der Waals surface area contributed by atoms with Crippen LogP contribution >= 0.6 is 31.0 Å². The van der Waals surface area contributed by atoms with Crippen LogP contribution in [0.4, 0.5) is 0 Å².